The second kappa shape index (κ2) is 5.80. The Labute approximate surface area is 138 Å². The number of rotatable bonds is 3. The van der Waals surface area contributed by atoms with E-state index >= 15 is 0 Å². The van der Waals surface area contributed by atoms with Crippen LogP contribution in [0, 0.1) is 19.8 Å². The van der Waals surface area contributed by atoms with Crippen molar-refractivity contribution in [3.63, 3.8) is 0 Å². The number of methoxy groups -OCH3 is 2. The largest absolute Gasteiger partial charge is 0.496 e. The summed E-state index contributed by atoms with van der Waals surface area (Å²) in [6.07, 6.45) is 0. The number of hydrogen-bond donors (Lipinski definition) is 0. The highest BCUT2D eigenvalue weighted by molar-refractivity contribution is 5.63. The molecule has 2 aromatic carbocycles. The molecule has 23 heavy (non-hydrogen) atoms. The number of fused-ring (bicyclic) bond motifs is 2. The van der Waals surface area contributed by atoms with Gasteiger partial charge in [0, 0.05) is 28.2 Å². The maximum Gasteiger partial charge on any atom is 0.137 e. The summed E-state index contributed by atoms with van der Waals surface area (Å²) in [4.78, 5) is 0. The molecule has 2 aromatic rings. The minimum Gasteiger partial charge on any atom is -0.496 e. The lowest BCUT2D eigenvalue weighted by Crippen LogP contribution is -2.17. The summed E-state index contributed by atoms with van der Waals surface area (Å²) < 4.78 is 17.3. The quantitative estimate of drug-likeness (QED) is 0.778. The summed E-state index contributed by atoms with van der Waals surface area (Å²) in [5.74, 6) is 4.34. The monoisotopic (exact) mass is 312 g/mol. The molecule has 0 N–H and O–H groups in total. The summed E-state index contributed by atoms with van der Waals surface area (Å²) >= 11 is 0. The first kappa shape index (κ1) is 15.7. The fourth-order valence-electron chi connectivity index (χ4n) is 3.58. The molecule has 0 atom stereocenters. The van der Waals surface area contributed by atoms with Crippen molar-refractivity contribution in [3.8, 4) is 23.0 Å². The van der Waals surface area contributed by atoms with Crippen LogP contribution in [-0.2, 0) is 0 Å². The Hall–Kier alpha value is -2.16. The third kappa shape index (κ3) is 2.35. The fraction of sp³-hybridized carbons (Fsp3) is 0.400. The highest BCUT2D eigenvalue weighted by Crippen LogP contribution is 2.52. The van der Waals surface area contributed by atoms with Gasteiger partial charge in [-0.3, -0.25) is 0 Å². The Balaban J connectivity index is 2.26. The first-order valence-electron chi connectivity index (χ1n) is 8.02. The van der Waals surface area contributed by atoms with Crippen molar-refractivity contribution in [2.45, 2.75) is 33.6 Å². The van der Waals surface area contributed by atoms with Gasteiger partial charge in [0.15, 0.2) is 0 Å². The van der Waals surface area contributed by atoms with Gasteiger partial charge >= 0.3 is 0 Å². The van der Waals surface area contributed by atoms with Crippen LogP contribution in [0.4, 0.5) is 0 Å². The van der Waals surface area contributed by atoms with Gasteiger partial charge in [-0.15, -0.1) is 0 Å². The topological polar surface area (TPSA) is 27.7 Å². The average molecular weight is 312 g/mol. The van der Waals surface area contributed by atoms with Crippen LogP contribution in [0.2, 0.25) is 0 Å². The Morgan fingerprint density at radius 3 is 1.61 bits per heavy atom. The number of benzene rings is 2. The molecule has 0 bridgehead atoms. The maximum absolute atomic E-state index is 6.34. The Morgan fingerprint density at radius 1 is 0.826 bits per heavy atom. The minimum absolute atomic E-state index is 0.308. The van der Waals surface area contributed by atoms with E-state index in [0.29, 0.717) is 11.8 Å². The number of hydrogen-bond acceptors (Lipinski definition) is 3. The van der Waals surface area contributed by atoms with Crippen molar-refractivity contribution in [3.05, 3.63) is 46.5 Å². The predicted molar refractivity (Wildman–Crippen MR) is 92.2 cm³/mol. The normalized spacial score (nSPS) is 13.3. The summed E-state index contributed by atoms with van der Waals surface area (Å²) in [5.41, 5.74) is 4.55. The van der Waals surface area contributed by atoms with Crippen molar-refractivity contribution in [1.29, 1.82) is 0 Å². The van der Waals surface area contributed by atoms with Crippen LogP contribution in [0.5, 0.6) is 23.0 Å². The predicted octanol–water partition coefficient (Wildman–Crippen LogP) is 5.21. The molecule has 0 aromatic heterocycles. The molecule has 0 radical (unpaired) electrons. The Kier molecular flexibility index (Phi) is 3.97. The van der Waals surface area contributed by atoms with Crippen LogP contribution in [0.25, 0.3) is 0 Å². The zero-order chi connectivity index (χ0) is 16.7. The molecule has 0 saturated heterocycles. The standard InChI is InChI=1S/C20H24O3/c1-11(2)18-14-7-9-16(21-5)12(3)19(14)23-20-13(4)17(22-6)10-8-15(18)20/h7-11,18H,1-6H3. The molecule has 122 valence electrons. The van der Waals surface area contributed by atoms with Gasteiger partial charge in [0.1, 0.15) is 23.0 Å². The van der Waals surface area contributed by atoms with Gasteiger partial charge in [0.25, 0.3) is 0 Å². The molecule has 3 heteroatoms. The van der Waals surface area contributed by atoms with Crippen molar-refractivity contribution in [1.82, 2.24) is 0 Å². The average Bonchev–Trinajstić information content (AvgIpc) is 2.54. The van der Waals surface area contributed by atoms with E-state index < -0.39 is 0 Å². The first-order chi connectivity index (χ1) is 11.0. The smallest absolute Gasteiger partial charge is 0.137 e. The van der Waals surface area contributed by atoms with E-state index in [2.05, 4.69) is 39.8 Å². The highest BCUT2D eigenvalue weighted by atomic mass is 16.5. The van der Waals surface area contributed by atoms with Gasteiger partial charge < -0.3 is 14.2 Å². The van der Waals surface area contributed by atoms with E-state index in [9.17, 15) is 0 Å². The molecule has 1 heterocycles. The molecule has 1 aliphatic rings. The van der Waals surface area contributed by atoms with Gasteiger partial charge in [-0.25, -0.2) is 0 Å². The molecule has 0 saturated carbocycles. The van der Waals surface area contributed by atoms with E-state index in [1.807, 2.05) is 12.1 Å². The van der Waals surface area contributed by atoms with Crippen LogP contribution < -0.4 is 14.2 Å². The summed E-state index contributed by atoms with van der Waals surface area (Å²) in [6.45, 7) is 8.61. The zero-order valence-electron chi connectivity index (χ0n) is 14.7. The van der Waals surface area contributed by atoms with Gasteiger partial charge in [-0.1, -0.05) is 26.0 Å². The summed E-state index contributed by atoms with van der Waals surface area (Å²) in [5, 5.41) is 0. The van der Waals surface area contributed by atoms with Crippen LogP contribution in [0.3, 0.4) is 0 Å². The minimum atomic E-state index is 0.308. The van der Waals surface area contributed by atoms with E-state index in [1.165, 1.54) is 11.1 Å². The highest BCUT2D eigenvalue weighted by Gasteiger charge is 2.33. The third-order valence-corrected chi connectivity index (χ3v) is 4.75. The van der Waals surface area contributed by atoms with Crippen LogP contribution in [-0.4, -0.2) is 14.2 Å². The number of ether oxygens (including phenoxy) is 3. The van der Waals surface area contributed by atoms with Gasteiger partial charge in [-0.2, -0.15) is 0 Å². The van der Waals surface area contributed by atoms with E-state index in [-0.39, 0.29) is 0 Å². The first-order valence-corrected chi connectivity index (χ1v) is 8.02. The van der Waals surface area contributed by atoms with E-state index in [4.69, 9.17) is 14.2 Å². The van der Waals surface area contributed by atoms with Crippen molar-refractivity contribution in [2.75, 3.05) is 14.2 Å². The molecule has 0 aliphatic carbocycles. The van der Waals surface area contributed by atoms with Crippen molar-refractivity contribution >= 4 is 0 Å². The molecule has 0 spiro atoms. The molecule has 3 rings (SSSR count). The molecule has 3 nitrogen and oxygen atoms in total. The Morgan fingerprint density at radius 2 is 1.26 bits per heavy atom. The fourth-order valence-corrected chi connectivity index (χ4v) is 3.58. The lowest BCUT2D eigenvalue weighted by Gasteiger charge is -2.33. The zero-order valence-corrected chi connectivity index (χ0v) is 14.7. The van der Waals surface area contributed by atoms with Crippen LogP contribution in [0.15, 0.2) is 24.3 Å². The third-order valence-electron chi connectivity index (χ3n) is 4.75. The second-order valence-electron chi connectivity index (χ2n) is 6.45. The summed E-state index contributed by atoms with van der Waals surface area (Å²) in [6, 6.07) is 8.34. The molecule has 0 fully saturated rings. The van der Waals surface area contributed by atoms with Crippen molar-refractivity contribution < 1.29 is 14.2 Å². The lowest BCUT2D eigenvalue weighted by atomic mass is 9.79. The molecule has 0 amide bonds. The lowest BCUT2D eigenvalue weighted by molar-refractivity contribution is 0.380. The Bertz CT molecular complexity index is 688. The summed E-state index contributed by atoms with van der Waals surface area (Å²) in [7, 11) is 3.39. The van der Waals surface area contributed by atoms with Crippen LogP contribution >= 0.6 is 0 Å². The van der Waals surface area contributed by atoms with Gasteiger partial charge in [0.05, 0.1) is 14.2 Å². The van der Waals surface area contributed by atoms with Gasteiger partial charge in [-0.05, 0) is 31.9 Å². The van der Waals surface area contributed by atoms with E-state index in [0.717, 1.165) is 34.1 Å². The molecule has 1 aliphatic heterocycles. The van der Waals surface area contributed by atoms with Crippen molar-refractivity contribution in [2.24, 2.45) is 5.92 Å². The van der Waals surface area contributed by atoms with Gasteiger partial charge in [0.2, 0.25) is 0 Å². The SMILES string of the molecule is COc1ccc2c(c1C)Oc1c(ccc(OC)c1C)C2C(C)C. The van der Waals surface area contributed by atoms with Crippen LogP contribution in [0.1, 0.15) is 42.0 Å². The molecule has 0 unspecified atom stereocenters. The molecular formula is C20H24O3. The maximum atomic E-state index is 6.34. The second-order valence-corrected chi connectivity index (χ2v) is 6.45. The molecular weight excluding hydrogens is 288 g/mol. The van der Waals surface area contributed by atoms with E-state index in [1.54, 1.807) is 14.2 Å².